The molecule has 0 radical (unpaired) electrons. The molecule has 6 nitrogen and oxygen atoms in total. The van der Waals surface area contributed by atoms with Crippen molar-refractivity contribution in [3.8, 4) is 0 Å². The zero-order valence-electron chi connectivity index (χ0n) is 9.26. The minimum Gasteiger partial charge on any atom is -0.355 e. The minimum absolute atomic E-state index is 0.0740. The van der Waals surface area contributed by atoms with Crippen LogP contribution in [0.4, 0.5) is 5.82 Å². The number of nitrogens with one attached hydrogen (secondary N) is 3. The first-order valence-electron chi connectivity index (χ1n) is 5.17. The van der Waals surface area contributed by atoms with E-state index in [0.717, 1.165) is 11.3 Å². The number of aryl methyl sites for hydroxylation is 1. The average Bonchev–Trinajstić information content (AvgIpc) is 2.79. The van der Waals surface area contributed by atoms with Crippen molar-refractivity contribution < 1.29 is 9.59 Å². The topological polar surface area (TPSA) is 86.9 Å². The van der Waals surface area contributed by atoms with E-state index in [-0.39, 0.29) is 24.2 Å². The van der Waals surface area contributed by atoms with Crippen LogP contribution in [0.1, 0.15) is 17.7 Å². The van der Waals surface area contributed by atoms with E-state index in [1.54, 1.807) is 0 Å². The van der Waals surface area contributed by atoms with Crippen LogP contribution in [0.2, 0.25) is 0 Å². The molecule has 1 atom stereocenters. The number of nitrogens with zero attached hydrogens (tertiary/aromatic N) is 1. The summed E-state index contributed by atoms with van der Waals surface area (Å²) in [7, 11) is 0. The molecule has 0 aromatic carbocycles. The van der Waals surface area contributed by atoms with Gasteiger partial charge in [0.2, 0.25) is 11.8 Å². The van der Waals surface area contributed by atoms with E-state index in [9.17, 15) is 9.59 Å². The summed E-state index contributed by atoms with van der Waals surface area (Å²) in [6, 6.07) is 0. The Morgan fingerprint density at radius 3 is 2.75 bits per heavy atom. The van der Waals surface area contributed by atoms with Gasteiger partial charge in [0.15, 0.2) is 5.82 Å². The molecule has 1 fully saturated rings. The monoisotopic (exact) mass is 222 g/mol. The summed E-state index contributed by atoms with van der Waals surface area (Å²) in [4.78, 5) is 22.7. The first-order valence-corrected chi connectivity index (χ1v) is 5.17. The van der Waals surface area contributed by atoms with Crippen molar-refractivity contribution in [2.75, 3.05) is 11.9 Å². The van der Waals surface area contributed by atoms with Crippen LogP contribution in [0.3, 0.4) is 0 Å². The Bertz CT molecular complexity index is 438. The standard InChI is InChI=1S/C10H14N4O2/c1-5-6(2)13-14-9(5)12-10(16)7-3-8(15)11-4-7/h7H,3-4H2,1-2H3,(H,11,15)(H2,12,13,14,16). The molecule has 16 heavy (non-hydrogen) atoms. The van der Waals surface area contributed by atoms with Gasteiger partial charge in [0.1, 0.15) is 0 Å². The van der Waals surface area contributed by atoms with E-state index >= 15 is 0 Å². The Balaban J connectivity index is 2.02. The highest BCUT2D eigenvalue weighted by Crippen LogP contribution is 2.16. The Labute approximate surface area is 92.8 Å². The van der Waals surface area contributed by atoms with Gasteiger partial charge >= 0.3 is 0 Å². The van der Waals surface area contributed by atoms with Gasteiger partial charge in [0.05, 0.1) is 5.92 Å². The van der Waals surface area contributed by atoms with Gasteiger partial charge in [-0.2, -0.15) is 5.10 Å². The van der Waals surface area contributed by atoms with Crippen LogP contribution < -0.4 is 10.6 Å². The molecule has 1 saturated heterocycles. The fourth-order valence-electron chi connectivity index (χ4n) is 1.62. The fourth-order valence-corrected chi connectivity index (χ4v) is 1.62. The van der Waals surface area contributed by atoms with Crippen molar-refractivity contribution in [1.82, 2.24) is 15.5 Å². The van der Waals surface area contributed by atoms with Gasteiger partial charge in [0, 0.05) is 24.2 Å². The molecular formula is C10H14N4O2. The van der Waals surface area contributed by atoms with E-state index in [1.807, 2.05) is 13.8 Å². The van der Waals surface area contributed by atoms with Gasteiger partial charge in [-0.05, 0) is 13.8 Å². The first-order chi connectivity index (χ1) is 7.58. The number of hydrogen-bond donors (Lipinski definition) is 3. The number of aromatic amines is 1. The molecule has 2 rings (SSSR count). The van der Waals surface area contributed by atoms with Crippen LogP contribution in [0.15, 0.2) is 0 Å². The molecule has 1 aliphatic heterocycles. The largest absolute Gasteiger partial charge is 0.355 e. The molecule has 0 aliphatic carbocycles. The minimum atomic E-state index is -0.288. The second-order valence-corrected chi connectivity index (χ2v) is 4.02. The summed E-state index contributed by atoms with van der Waals surface area (Å²) in [5.41, 5.74) is 1.85. The maximum Gasteiger partial charge on any atom is 0.230 e. The van der Waals surface area contributed by atoms with E-state index < -0.39 is 0 Å². The van der Waals surface area contributed by atoms with Crippen LogP contribution in [0, 0.1) is 19.8 Å². The first kappa shape index (κ1) is 10.7. The van der Waals surface area contributed by atoms with Crippen LogP contribution in [-0.2, 0) is 9.59 Å². The molecular weight excluding hydrogens is 208 g/mol. The molecule has 6 heteroatoms. The highest BCUT2D eigenvalue weighted by atomic mass is 16.2. The van der Waals surface area contributed by atoms with Crippen molar-refractivity contribution in [2.24, 2.45) is 5.92 Å². The highest BCUT2D eigenvalue weighted by Gasteiger charge is 2.28. The quantitative estimate of drug-likeness (QED) is 0.663. The third-order valence-electron chi connectivity index (χ3n) is 2.84. The summed E-state index contributed by atoms with van der Waals surface area (Å²) in [5.74, 6) is 0.0220. The number of carbonyl (C=O) groups excluding carboxylic acids is 2. The fraction of sp³-hybridized carbons (Fsp3) is 0.500. The predicted molar refractivity (Wildman–Crippen MR) is 57.8 cm³/mol. The zero-order chi connectivity index (χ0) is 11.7. The Morgan fingerprint density at radius 2 is 2.25 bits per heavy atom. The van der Waals surface area contributed by atoms with Crippen LogP contribution in [-0.4, -0.2) is 28.6 Å². The number of carbonyl (C=O) groups is 2. The summed E-state index contributed by atoms with van der Waals surface area (Å²) in [5, 5.41) is 12.1. The molecule has 2 heterocycles. The normalized spacial score (nSPS) is 19.6. The zero-order valence-corrected chi connectivity index (χ0v) is 9.26. The van der Waals surface area contributed by atoms with Crippen LogP contribution in [0.25, 0.3) is 0 Å². The SMILES string of the molecule is Cc1[nH]nc(NC(=O)C2CNC(=O)C2)c1C. The Hall–Kier alpha value is -1.85. The maximum atomic E-state index is 11.8. The molecule has 1 aromatic heterocycles. The maximum absolute atomic E-state index is 11.8. The molecule has 1 unspecified atom stereocenters. The van der Waals surface area contributed by atoms with E-state index in [1.165, 1.54) is 0 Å². The lowest BCUT2D eigenvalue weighted by Crippen LogP contribution is -2.25. The molecule has 2 amide bonds. The molecule has 86 valence electrons. The number of amides is 2. The van der Waals surface area contributed by atoms with Crippen molar-refractivity contribution in [1.29, 1.82) is 0 Å². The van der Waals surface area contributed by atoms with Crippen molar-refractivity contribution >= 4 is 17.6 Å². The number of H-pyrrole nitrogens is 1. The lowest BCUT2D eigenvalue weighted by Gasteiger charge is -2.07. The number of anilines is 1. The highest BCUT2D eigenvalue weighted by molar-refractivity contribution is 5.97. The third-order valence-corrected chi connectivity index (χ3v) is 2.84. The second-order valence-electron chi connectivity index (χ2n) is 4.02. The number of hydrogen-bond acceptors (Lipinski definition) is 3. The van der Waals surface area contributed by atoms with Gasteiger partial charge in [0.25, 0.3) is 0 Å². The van der Waals surface area contributed by atoms with Crippen molar-refractivity contribution in [3.63, 3.8) is 0 Å². The van der Waals surface area contributed by atoms with Gasteiger partial charge in [-0.15, -0.1) is 0 Å². The van der Waals surface area contributed by atoms with E-state index in [0.29, 0.717) is 12.4 Å². The molecule has 1 aromatic rings. The third kappa shape index (κ3) is 1.91. The lowest BCUT2D eigenvalue weighted by molar-refractivity contribution is -0.123. The van der Waals surface area contributed by atoms with Gasteiger partial charge in [-0.1, -0.05) is 0 Å². The van der Waals surface area contributed by atoms with Crippen molar-refractivity contribution in [2.45, 2.75) is 20.3 Å². The van der Waals surface area contributed by atoms with E-state index in [4.69, 9.17) is 0 Å². The van der Waals surface area contributed by atoms with Gasteiger partial charge in [-0.25, -0.2) is 0 Å². The Kier molecular flexibility index (Phi) is 2.64. The molecule has 3 N–H and O–H groups in total. The Morgan fingerprint density at radius 1 is 1.50 bits per heavy atom. The van der Waals surface area contributed by atoms with E-state index in [2.05, 4.69) is 20.8 Å². The predicted octanol–water partition coefficient (Wildman–Crippen LogP) is 0.101. The summed E-state index contributed by atoms with van der Waals surface area (Å²) < 4.78 is 0. The number of aromatic nitrogens is 2. The van der Waals surface area contributed by atoms with Crippen molar-refractivity contribution in [3.05, 3.63) is 11.3 Å². The number of rotatable bonds is 2. The second kappa shape index (κ2) is 3.96. The summed E-state index contributed by atoms with van der Waals surface area (Å²) in [6.07, 6.45) is 0.258. The summed E-state index contributed by atoms with van der Waals surface area (Å²) in [6.45, 7) is 4.18. The summed E-state index contributed by atoms with van der Waals surface area (Å²) >= 11 is 0. The van der Waals surface area contributed by atoms with Crippen LogP contribution in [0.5, 0.6) is 0 Å². The molecule has 0 spiro atoms. The molecule has 0 bridgehead atoms. The van der Waals surface area contributed by atoms with Gasteiger partial charge < -0.3 is 10.6 Å². The average molecular weight is 222 g/mol. The molecule has 0 saturated carbocycles. The lowest BCUT2D eigenvalue weighted by atomic mass is 10.1. The van der Waals surface area contributed by atoms with Gasteiger partial charge in [-0.3, -0.25) is 14.7 Å². The smallest absolute Gasteiger partial charge is 0.230 e. The molecule has 1 aliphatic rings. The van der Waals surface area contributed by atoms with Crippen LogP contribution >= 0.6 is 0 Å².